The Morgan fingerprint density at radius 1 is 1.48 bits per heavy atom. The molecule has 7 nitrogen and oxygen atoms in total. The van der Waals surface area contributed by atoms with E-state index in [1.165, 1.54) is 0 Å². The molecule has 2 atom stereocenters. The molecule has 0 saturated carbocycles. The van der Waals surface area contributed by atoms with Crippen LogP contribution in [0.25, 0.3) is 11.0 Å². The number of nitrogens with zero attached hydrogens (tertiary/aromatic N) is 2. The number of carbonyl (C=O) groups excluding carboxylic acids is 1. The van der Waals surface area contributed by atoms with Crippen LogP contribution in [0.5, 0.6) is 0 Å². The van der Waals surface area contributed by atoms with Gasteiger partial charge in [-0.3, -0.25) is 4.79 Å². The number of H-pyrrole nitrogens is 1. The van der Waals surface area contributed by atoms with E-state index in [9.17, 15) is 4.79 Å². The molecule has 1 amide bonds. The lowest BCUT2D eigenvalue weighted by Crippen LogP contribution is -2.50. The second-order valence-corrected chi connectivity index (χ2v) is 6.68. The van der Waals surface area contributed by atoms with Crippen molar-refractivity contribution in [1.82, 2.24) is 20.2 Å². The quantitative estimate of drug-likeness (QED) is 0.825. The summed E-state index contributed by atoms with van der Waals surface area (Å²) in [7, 11) is 4.01. The van der Waals surface area contributed by atoms with Gasteiger partial charge in [-0.1, -0.05) is 6.07 Å². The molecule has 2 heterocycles. The molecule has 2 aromatic rings. The third-order valence-corrected chi connectivity index (χ3v) is 4.37. The first-order chi connectivity index (χ1) is 12.0. The molecule has 1 saturated heterocycles. The van der Waals surface area contributed by atoms with Gasteiger partial charge >= 0.3 is 0 Å². The third kappa shape index (κ3) is 4.36. The Bertz CT molecular complexity index is 728. The van der Waals surface area contributed by atoms with Crippen molar-refractivity contribution in [2.24, 2.45) is 0 Å². The van der Waals surface area contributed by atoms with Crippen molar-refractivity contribution in [2.75, 3.05) is 40.5 Å². The lowest BCUT2D eigenvalue weighted by atomic mass is 10.0. The highest BCUT2D eigenvalue weighted by Crippen LogP contribution is 2.18. The molecule has 1 fully saturated rings. The van der Waals surface area contributed by atoms with Gasteiger partial charge in [0.1, 0.15) is 17.4 Å². The number of likely N-dealkylation sites (N-methyl/N-ethyl adjacent to an activating group) is 1. The molecule has 7 heteroatoms. The molecule has 1 aromatic heterocycles. The zero-order valence-corrected chi connectivity index (χ0v) is 15.0. The fraction of sp³-hybridized carbons (Fsp3) is 0.556. The summed E-state index contributed by atoms with van der Waals surface area (Å²) in [6, 6.07) is 5.54. The van der Waals surface area contributed by atoms with Crippen LogP contribution in [0, 0.1) is 6.92 Å². The molecule has 0 aliphatic carbocycles. The van der Waals surface area contributed by atoms with Crippen molar-refractivity contribution in [3.05, 3.63) is 29.6 Å². The van der Waals surface area contributed by atoms with Crippen LogP contribution < -0.4 is 5.32 Å². The zero-order valence-electron chi connectivity index (χ0n) is 15.0. The van der Waals surface area contributed by atoms with Gasteiger partial charge in [0.25, 0.3) is 5.91 Å². The number of benzene rings is 1. The van der Waals surface area contributed by atoms with E-state index in [1.807, 2.05) is 33.2 Å². The number of imidazole rings is 1. The number of hydrogen-bond acceptors (Lipinski definition) is 5. The van der Waals surface area contributed by atoms with Gasteiger partial charge in [0.15, 0.2) is 0 Å². The van der Waals surface area contributed by atoms with Crippen LogP contribution in [-0.4, -0.2) is 73.4 Å². The molecule has 0 bridgehead atoms. The summed E-state index contributed by atoms with van der Waals surface area (Å²) in [4.78, 5) is 22.5. The van der Waals surface area contributed by atoms with E-state index in [0.29, 0.717) is 30.9 Å². The van der Waals surface area contributed by atoms with Gasteiger partial charge in [-0.05, 0) is 39.6 Å². The summed E-state index contributed by atoms with van der Waals surface area (Å²) in [6.07, 6.45) is 0.617. The van der Waals surface area contributed by atoms with E-state index in [1.54, 1.807) is 6.07 Å². The number of aryl methyl sites for hydroxylation is 1. The number of hydrogen-bond donors (Lipinski definition) is 2. The van der Waals surface area contributed by atoms with Crippen LogP contribution in [0.2, 0.25) is 0 Å². The minimum atomic E-state index is -0.127. The highest BCUT2D eigenvalue weighted by molar-refractivity contribution is 6.05. The Labute approximate surface area is 147 Å². The van der Waals surface area contributed by atoms with Crippen LogP contribution in [0.4, 0.5) is 0 Å². The van der Waals surface area contributed by atoms with Gasteiger partial charge < -0.3 is 24.7 Å². The first-order valence-electron chi connectivity index (χ1n) is 8.65. The number of amides is 1. The Kier molecular flexibility index (Phi) is 5.67. The molecule has 1 aliphatic heterocycles. The Morgan fingerprint density at radius 2 is 2.32 bits per heavy atom. The molecular weight excluding hydrogens is 320 g/mol. The summed E-state index contributed by atoms with van der Waals surface area (Å²) >= 11 is 0. The minimum absolute atomic E-state index is 0.0568. The predicted octanol–water partition coefficient (Wildman–Crippen LogP) is 1.34. The highest BCUT2D eigenvalue weighted by Gasteiger charge is 2.28. The van der Waals surface area contributed by atoms with Gasteiger partial charge in [0, 0.05) is 13.2 Å². The smallest absolute Gasteiger partial charge is 0.253 e. The maximum Gasteiger partial charge on any atom is 0.253 e. The molecule has 25 heavy (non-hydrogen) atoms. The van der Waals surface area contributed by atoms with E-state index in [2.05, 4.69) is 20.2 Å². The van der Waals surface area contributed by atoms with Crippen molar-refractivity contribution >= 4 is 16.9 Å². The first-order valence-corrected chi connectivity index (χ1v) is 8.65. The number of aromatic nitrogens is 2. The van der Waals surface area contributed by atoms with Gasteiger partial charge in [0.2, 0.25) is 0 Å². The Hall–Kier alpha value is -1.96. The van der Waals surface area contributed by atoms with Crippen molar-refractivity contribution in [3.8, 4) is 0 Å². The molecule has 1 aliphatic rings. The van der Waals surface area contributed by atoms with E-state index in [4.69, 9.17) is 9.47 Å². The second-order valence-electron chi connectivity index (χ2n) is 6.68. The number of para-hydroxylation sites is 1. The fourth-order valence-corrected chi connectivity index (χ4v) is 3.01. The summed E-state index contributed by atoms with van der Waals surface area (Å²) in [6.45, 7) is 4.47. The monoisotopic (exact) mass is 346 g/mol. The predicted molar refractivity (Wildman–Crippen MR) is 95.8 cm³/mol. The normalized spacial score (nSPS) is 21.0. The molecule has 0 radical (unpaired) electrons. The van der Waals surface area contributed by atoms with Crippen molar-refractivity contribution in [1.29, 1.82) is 0 Å². The Morgan fingerprint density at radius 3 is 3.12 bits per heavy atom. The molecule has 0 spiro atoms. The number of rotatable bonds is 6. The van der Waals surface area contributed by atoms with Crippen LogP contribution in [0.3, 0.4) is 0 Å². The van der Waals surface area contributed by atoms with E-state index in [-0.39, 0.29) is 18.1 Å². The SMILES string of the molecule is Cc1nc2c(C(=O)N[C@@H]3CCOC[C@H]3OCCN(C)C)cccc2[nH]1. The number of carbonyl (C=O) groups is 1. The molecule has 136 valence electrons. The molecule has 2 N–H and O–H groups in total. The lowest BCUT2D eigenvalue weighted by molar-refractivity contribution is -0.0690. The minimum Gasteiger partial charge on any atom is -0.379 e. The second kappa shape index (κ2) is 7.95. The number of nitrogens with one attached hydrogen (secondary N) is 2. The topological polar surface area (TPSA) is 79.5 Å². The molecule has 3 rings (SSSR count). The van der Waals surface area contributed by atoms with Crippen LogP contribution >= 0.6 is 0 Å². The van der Waals surface area contributed by atoms with E-state index in [0.717, 1.165) is 24.3 Å². The van der Waals surface area contributed by atoms with Crippen molar-refractivity contribution < 1.29 is 14.3 Å². The summed E-state index contributed by atoms with van der Waals surface area (Å²) in [5.74, 6) is 0.677. The van der Waals surface area contributed by atoms with E-state index >= 15 is 0 Å². The Balaban J connectivity index is 1.69. The average molecular weight is 346 g/mol. The number of aromatic amines is 1. The maximum absolute atomic E-state index is 12.8. The average Bonchev–Trinajstić information content (AvgIpc) is 2.96. The largest absolute Gasteiger partial charge is 0.379 e. The number of ether oxygens (including phenoxy) is 2. The van der Waals surface area contributed by atoms with E-state index < -0.39 is 0 Å². The van der Waals surface area contributed by atoms with Crippen molar-refractivity contribution in [2.45, 2.75) is 25.5 Å². The van der Waals surface area contributed by atoms with Gasteiger partial charge in [-0.2, -0.15) is 0 Å². The summed E-state index contributed by atoms with van der Waals surface area (Å²) in [5.41, 5.74) is 2.16. The van der Waals surface area contributed by atoms with Crippen LogP contribution in [0.1, 0.15) is 22.6 Å². The lowest BCUT2D eigenvalue weighted by Gasteiger charge is -2.32. The van der Waals surface area contributed by atoms with Gasteiger partial charge in [0.05, 0.1) is 30.3 Å². The summed E-state index contributed by atoms with van der Waals surface area (Å²) < 4.78 is 11.5. The fourth-order valence-electron chi connectivity index (χ4n) is 3.01. The molecule has 1 aromatic carbocycles. The van der Waals surface area contributed by atoms with Gasteiger partial charge in [-0.15, -0.1) is 0 Å². The number of fused-ring (bicyclic) bond motifs is 1. The highest BCUT2D eigenvalue weighted by atomic mass is 16.5. The van der Waals surface area contributed by atoms with Crippen molar-refractivity contribution in [3.63, 3.8) is 0 Å². The standard InChI is InChI=1S/C18H26N4O3/c1-12-19-15-6-4-5-13(17(15)20-12)18(23)21-14-7-9-24-11-16(14)25-10-8-22(2)3/h4-6,14,16H,7-11H2,1-3H3,(H,19,20)(H,21,23)/t14-,16-/m1/s1. The van der Waals surface area contributed by atoms with Crippen LogP contribution in [0.15, 0.2) is 18.2 Å². The maximum atomic E-state index is 12.8. The molecular formula is C18H26N4O3. The first kappa shape index (κ1) is 17.8. The zero-order chi connectivity index (χ0) is 17.8. The summed E-state index contributed by atoms with van der Waals surface area (Å²) in [5, 5.41) is 3.11. The van der Waals surface area contributed by atoms with Gasteiger partial charge in [-0.25, -0.2) is 4.98 Å². The van der Waals surface area contributed by atoms with Crippen LogP contribution in [-0.2, 0) is 9.47 Å². The third-order valence-electron chi connectivity index (χ3n) is 4.37. The molecule has 0 unspecified atom stereocenters.